The minimum Gasteiger partial charge on any atom is -0.289 e. The minimum absolute atomic E-state index is 0.0617. The van der Waals surface area contributed by atoms with Crippen molar-refractivity contribution in [1.82, 2.24) is 15.2 Å². The molecule has 148 valence electrons. The van der Waals surface area contributed by atoms with Crippen molar-refractivity contribution in [1.29, 1.82) is 0 Å². The molecule has 0 saturated heterocycles. The van der Waals surface area contributed by atoms with Crippen LogP contribution in [0.1, 0.15) is 36.8 Å². The molecule has 1 aliphatic rings. The third-order valence-electron chi connectivity index (χ3n) is 4.85. The Morgan fingerprint density at radius 3 is 2.03 bits per heavy atom. The molecule has 0 spiro atoms. The van der Waals surface area contributed by atoms with E-state index in [2.05, 4.69) is 10.3 Å². The van der Waals surface area contributed by atoms with Crippen molar-refractivity contribution in [2.24, 2.45) is 0 Å². The molecular weight excluding hydrogens is 382 g/mol. The third kappa shape index (κ3) is 3.60. The molecule has 4 amide bonds. The number of carbonyl (C=O) groups is 4. The second-order valence-electron chi connectivity index (χ2n) is 6.76. The molecule has 4 rings (SSSR count). The van der Waals surface area contributed by atoms with Crippen molar-refractivity contribution in [2.75, 3.05) is 0 Å². The number of imide groups is 2. The Morgan fingerprint density at radius 2 is 1.43 bits per heavy atom. The molecule has 1 atom stereocenters. The number of hydrogen-bond acceptors (Lipinski definition) is 5. The predicted molar refractivity (Wildman–Crippen MR) is 108 cm³/mol. The van der Waals surface area contributed by atoms with Crippen molar-refractivity contribution in [2.45, 2.75) is 12.5 Å². The van der Waals surface area contributed by atoms with Crippen LogP contribution in [0.25, 0.3) is 0 Å². The lowest BCUT2D eigenvalue weighted by molar-refractivity contribution is -0.124. The van der Waals surface area contributed by atoms with Crippen LogP contribution in [0.5, 0.6) is 0 Å². The van der Waals surface area contributed by atoms with Crippen LogP contribution in [0.4, 0.5) is 0 Å². The fourth-order valence-corrected chi connectivity index (χ4v) is 3.39. The quantitative estimate of drug-likeness (QED) is 0.664. The van der Waals surface area contributed by atoms with Gasteiger partial charge in [0.25, 0.3) is 23.6 Å². The molecule has 30 heavy (non-hydrogen) atoms. The lowest BCUT2D eigenvalue weighted by atomic mass is 10.0. The van der Waals surface area contributed by atoms with Crippen molar-refractivity contribution in [3.05, 3.63) is 101 Å². The van der Waals surface area contributed by atoms with Gasteiger partial charge in [0.05, 0.1) is 11.1 Å². The molecule has 2 heterocycles. The average molecular weight is 399 g/mol. The molecule has 7 nitrogen and oxygen atoms in total. The molecule has 0 fully saturated rings. The Bertz CT molecular complexity index is 1090. The Balaban J connectivity index is 1.65. The number of pyridine rings is 1. The zero-order valence-electron chi connectivity index (χ0n) is 15.8. The topological polar surface area (TPSA) is 96.4 Å². The lowest BCUT2D eigenvalue weighted by Crippen LogP contribution is -2.52. The van der Waals surface area contributed by atoms with Crippen LogP contribution < -0.4 is 5.32 Å². The molecule has 0 aliphatic carbocycles. The standard InChI is InChI=1S/C23H17N3O4/c27-20(18-12-6-7-13-24-18)25-21(28)19(14-15-8-2-1-3-9-15)26-22(29)16-10-4-5-11-17(16)23(26)30/h1-13,19H,14H2,(H,25,27,28). The summed E-state index contributed by atoms with van der Waals surface area (Å²) in [7, 11) is 0. The van der Waals surface area contributed by atoms with E-state index in [9.17, 15) is 19.2 Å². The van der Waals surface area contributed by atoms with Gasteiger partial charge in [-0.3, -0.25) is 34.4 Å². The first-order valence-corrected chi connectivity index (χ1v) is 9.33. The SMILES string of the molecule is O=C(NC(=O)C(Cc1ccccc1)N1C(=O)c2ccccc2C1=O)c1ccccn1. The molecule has 2 aromatic carbocycles. The number of nitrogens with one attached hydrogen (secondary N) is 1. The van der Waals surface area contributed by atoms with E-state index in [1.54, 1.807) is 60.7 Å². The van der Waals surface area contributed by atoms with Gasteiger partial charge in [-0.05, 0) is 29.8 Å². The second-order valence-corrected chi connectivity index (χ2v) is 6.76. The Morgan fingerprint density at radius 1 is 0.833 bits per heavy atom. The zero-order chi connectivity index (χ0) is 21.1. The van der Waals surface area contributed by atoms with Gasteiger partial charge in [-0.1, -0.05) is 48.5 Å². The van der Waals surface area contributed by atoms with Crippen LogP contribution in [0, 0.1) is 0 Å². The number of aromatic nitrogens is 1. The maximum absolute atomic E-state index is 13.1. The maximum Gasteiger partial charge on any atom is 0.276 e. The fourth-order valence-electron chi connectivity index (χ4n) is 3.39. The minimum atomic E-state index is -1.19. The summed E-state index contributed by atoms with van der Waals surface area (Å²) < 4.78 is 0. The molecule has 1 aliphatic heterocycles. The molecular formula is C23H17N3O4. The zero-order valence-corrected chi connectivity index (χ0v) is 15.8. The Hall–Kier alpha value is -4.13. The van der Waals surface area contributed by atoms with Crippen LogP contribution >= 0.6 is 0 Å². The van der Waals surface area contributed by atoms with E-state index in [4.69, 9.17) is 0 Å². The molecule has 0 saturated carbocycles. The molecule has 1 unspecified atom stereocenters. The lowest BCUT2D eigenvalue weighted by Gasteiger charge is -2.25. The van der Waals surface area contributed by atoms with Crippen LogP contribution in [0.15, 0.2) is 79.0 Å². The molecule has 1 N–H and O–H groups in total. The van der Waals surface area contributed by atoms with Gasteiger partial charge in [0.15, 0.2) is 0 Å². The van der Waals surface area contributed by atoms with Crippen molar-refractivity contribution >= 4 is 23.6 Å². The third-order valence-corrected chi connectivity index (χ3v) is 4.85. The summed E-state index contributed by atoms with van der Waals surface area (Å²) in [6, 6.07) is 19.0. The second kappa shape index (κ2) is 8.08. The van der Waals surface area contributed by atoms with E-state index in [0.29, 0.717) is 0 Å². The van der Waals surface area contributed by atoms with Gasteiger partial charge < -0.3 is 0 Å². The fraction of sp³-hybridized carbons (Fsp3) is 0.0870. The summed E-state index contributed by atoms with van der Waals surface area (Å²) in [6.07, 6.45) is 1.51. The molecule has 1 aromatic heterocycles. The van der Waals surface area contributed by atoms with Gasteiger partial charge in [-0.2, -0.15) is 0 Å². The number of fused-ring (bicyclic) bond motifs is 1. The predicted octanol–water partition coefficient (Wildman–Crippen LogP) is 2.25. The number of amides is 4. The highest BCUT2D eigenvalue weighted by Crippen LogP contribution is 2.26. The highest BCUT2D eigenvalue weighted by Gasteiger charge is 2.43. The first kappa shape index (κ1) is 19.2. The van der Waals surface area contributed by atoms with Gasteiger partial charge in [0, 0.05) is 12.6 Å². The van der Waals surface area contributed by atoms with E-state index < -0.39 is 29.7 Å². The van der Waals surface area contributed by atoms with Gasteiger partial charge in [0.2, 0.25) is 0 Å². The van der Waals surface area contributed by atoms with Crippen molar-refractivity contribution in [3.8, 4) is 0 Å². The summed E-state index contributed by atoms with van der Waals surface area (Å²) in [4.78, 5) is 56.2. The van der Waals surface area contributed by atoms with Crippen molar-refractivity contribution in [3.63, 3.8) is 0 Å². The number of rotatable bonds is 5. The number of nitrogens with zero attached hydrogens (tertiary/aromatic N) is 2. The van der Waals surface area contributed by atoms with Crippen LogP contribution in [-0.2, 0) is 11.2 Å². The number of benzene rings is 2. The monoisotopic (exact) mass is 399 g/mol. The van der Waals surface area contributed by atoms with E-state index in [1.807, 2.05) is 6.07 Å². The largest absolute Gasteiger partial charge is 0.289 e. The van der Waals surface area contributed by atoms with E-state index in [0.717, 1.165) is 10.5 Å². The van der Waals surface area contributed by atoms with Crippen LogP contribution in [0.2, 0.25) is 0 Å². The summed E-state index contributed by atoms with van der Waals surface area (Å²) >= 11 is 0. The summed E-state index contributed by atoms with van der Waals surface area (Å²) in [5.74, 6) is -2.56. The highest BCUT2D eigenvalue weighted by molar-refractivity contribution is 6.23. The van der Waals surface area contributed by atoms with Gasteiger partial charge in [0.1, 0.15) is 11.7 Å². The number of hydrogen-bond donors (Lipinski definition) is 1. The summed E-state index contributed by atoms with van der Waals surface area (Å²) in [5.41, 5.74) is 1.29. The van der Waals surface area contributed by atoms with Crippen molar-refractivity contribution < 1.29 is 19.2 Å². The Labute approximate surface area is 172 Å². The molecule has 0 bridgehead atoms. The van der Waals surface area contributed by atoms with E-state index in [-0.39, 0.29) is 23.2 Å². The van der Waals surface area contributed by atoms with Gasteiger partial charge in [-0.15, -0.1) is 0 Å². The number of carbonyl (C=O) groups excluding carboxylic acids is 4. The summed E-state index contributed by atoms with van der Waals surface area (Å²) in [6.45, 7) is 0. The Kier molecular flexibility index (Phi) is 5.17. The first-order chi connectivity index (χ1) is 14.6. The average Bonchev–Trinajstić information content (AvgIpc) is 3.03. The highest BCUT2D eigenvalue weighted by atomic mass is 16.2. The van der Waals surface area contributed by atoms with Crippen LogP contribution in [-0.4, -0.2) is 39.6 Å². The normalized spacial score (nSPS) is 13.7. The smallest absolute Gasteiger partial charge is 0.276 e. The molecule has 0 radical (unpaired) electrons. The van der Waals surface area contributed by atoms with Gasteiger partial charge >= 0.3 is 0 Å². The summed E-state index contributed by atoms with van der Waals surface area (Å²) in [5, 5.41) is 2.27. The van der Waals surface area contributed by atoms with Crippen LogP contribution in [0.3, 0.4) is 0 Å². The first-order valence-electron chi connectivity index (χ1n) is 9.33. The molecule has 3 aromatic rings. The maximum atomic E-state index is 13.1. The molecule has 7 heteroatoms. The van der Waals surface area contributed by atoms with E-state index in [1.165, 1.54) is 12.3 Å². The van der Waals surface area contributed by atoms with Gasteiger partial charge in [-0.25, -0.2) is 0 Å². The van der Waals surface area contributed by atoms with E-state index >= 15 is 0 Å².